The van der Waals surface area contributed by atoms with E-state index in [2.05, 4.69) is 0 Å². The van der Waals surface area contributed by atoms with E-state index in [1.54, 1.807) is 26.2 Å². The number of hydrogen-bond acceptors (Lipinski definition) is 2. The zero-order chi connectivity index (χ0) is 19.7. The van der Waals surface area contributed by atoms with Gasteiger partial charge in [0.25, 0.3) is 11.1 Å². The highest BCUT2D eigenvalue weighted by Crippen LogP contribution is 2.18. The number of fused-ring (bicyclic) bond motifs is 1. The molecule has 3 aromatic carbocycles. The maximum Gasteiger partial charge on any atom is 0.274 e. The smallest absolute Gasteiger partial charge is 0.274 e. The minimum absolute atomic E-state index is 0.211. The first-order chi connectivity index (χ1) is 13.6. The van der Waals surface area contributed by atoms with Crippen LogP contribution in [0.2, 0.25) is 0 Å². The summed E-state index contributed by atoms with van der Waals surface area (Å²) in [5.74, 6) is 0. The average Bonchev–Trinajstić information content (AvgIpc) is 2.74. The number of rotatable bonds is 2. The predicted octanol–water partition coefficient (Wildman–Crippen LogP) is 1.89. The van der Waals surface area contributed by atoms with E-state index in [1.807, 2.05) is 72.8 Å². The summed E-state index contributed by atoms with van der Waals surface area (Å²) in [6.45, 7) is 0. The third-order valence-corrected chi connectivity index (χ3v) is 4.99. The predicted molar refractivity (Wildman–Crippen MR) is 114 cm³/mol. The van der Waals surface area contributed by atoms with Crippen molar-refractivity contribution in [2.24, 2.45) is 14.1 Å². The van der Waals surface area contributed by atoms with E-state index in [4.69, 9.17) is 0 Å². The normalized spacial score (nSPS) is 12.6. The minimum atomic E-state index is -0.211. The molecule has 0 aliphatic carbocycles. The molecule has 4 rings (SSSR count). The Morgan fingerprint density at radius 2 is 1.21 bits per heavy atom. The lowest BCUT2D eigenvalue weighted by Crippen LogP contribution is -2.56. The molecule has 0 radical (unpaired) electrons. The Morgan fingerprint density at radius 3 is 1.93 bits per heavy atom. The van der Waals surface area contributed by atoms with Crippen molar-refractivity contribution in [1.82, 2.24) is 9.13 Å². The minimum Gasteiger partial charge on any atom is -0.305 e. The van der Waals surface area contributed by atoms with Crippen LogP contribution in [0.5, 0.6) is 0 Å². The molecule has 0 saturated heterocycles. The van der Waals surface area contributed by atoms with Crippen LogP contribution in [0.1, 0.15) is 11.1 Å². The molecule has 4 nitrogen and oxygen atoms in total. The first-order valence-electron chi connectivity index (χ1n) is 9.08. The van der Waals surface area contributed by atoms with Gasteiger partial charge < -0.3 is 9.13 Å². The van der Waals surface area contributed by atoms with Crippen LogP contribution in [-0.4, -0.2) is 9.13 Å². The maximum absolute atomic E-state index is 13.0. The standard InChI is InChI=1S/C24H20N2O2/c1-25-21(15-17-9-4-3-5-10-17)23(27)26(2)22(24(25)28)16-19-13-8-12-18-11-6-7-14-20(18)19/h3-16H,1-2H3. The molecule has 0 N–H and O–H groups in total. The van der Waals surface area contributed by atoms with Gasteiger partial charge >= 0.3 is 0 Å². The van der Waals surface area contributed by atoms with Gasteiger partial charge in [-0.2, -0.15) is 0 Å². The van der Waals surface area contributed by atoms with Crippen LogP contribution in [0.3, 0.4) is 0 Å². The van der Waals surface area contributed by atoms with E-state index in [-0.39, 0.29) is 11.1 Å². The van der Waals surface area contributed by atoms with Crippen molar-refractivity contribution in [2.75, 3.05) is 0 Å². The fourth-order valence-electron chi connectivity index (χ4n) is 3.40. The van der Waals surface area contributed by atoms with Gasteiger partial charge in [0.1, 0.15) is 10.7 Å². The van der Waals surface area contributed by atoms with Crippen molar-refractivity contribution in [3.63, 3.8) is 0 Å². The molecule has 0 bridgehead atoms. The maximum atomic E-state index is 13.0. The molecule has 0 fully saturated rings. The van der Waals surface area contributed by atoms with E-state index < -0.39 is 0 Å². The molecule has 0 aliphatic rings. The van der Waals surface area contributed by atoms with Crippen LogP contribution >= 0.6 is 0 Å². The highest BCUT2D eigenvalue weighted by molar-refractivity contribution is 5.90. The number of benzene rings is 3. The van der Waals surface area contributed by atoms with Crippen molar-refractivity contribution in [3.8, 4) is 0 Å². The summed E-state index contributed by atoms with van der Waals surface area (Å²) in [5.41, 5.74) is 1.36. The molecule has 0 aliphatic heterocycles. The molecule has 4 aromatic rings. The lowest BCUT2D eigenvalue weighted by Gasteiger charge is -2.06. The molecule has 0 saturated carbocycles. The van der Waals surface area contributed by atoms with Crippen LogP contribution < -0.4 is 21.8 Å². The molecule has 1 aromatic heterocycles. The van der Waals surface area contributed by atoms with Crippen molar-refractivity contribution >= 4 is 22.9 Å². The molecular weight excluding hydrogens is 348 g/mol. The fourth-order valence-corrected chi connectivity index (χ4v) is 3.40. The van der Waals surface area contributed by atoms with E-state index in [9.17, 15) is 9.59 Å². The Hall–Kier alpha value is -3.66. The molecule has 0 unspecified atom stereocenters. The van der Waals surface area contributed by atoms with Crippen molar-refractivity contribution < 1.29 is 0 Å². The summed E-state index contributed by atoms with van der Waals surface area (Å²) in [6, 6.07) is 23.4. The Bertz CT molecular complexity index is 1410. The molecule has 138 valence electrons. The van der Waals surface area contributed by atoms with E-state index in [1.165, 1.54) is 9.13 Å². The number of aromatic nitrogens is 2. The third-order valence-electron chi connectivity index (χ3n) is 4.99. The Kier molecular flexibility index (Phi) is 4.53. The molecule has 4 heteroatoms. The van der Waals surface area contributed by atoms with Crippen molar-refractivity contribution in [3.05, 3.63) is 115 Å². The van der Waals surface area contributed by atoms with Gasteiger partial charge in [-0.25, -0.2) is 0 Å². The van der Waals surface area contributed by atoms with E-state index in [0.29, 0.717) is 10.7 Å². The second-order valence-corrected chi connectivity index (χ2v) is 6.77. The summed E-state index contributed by atoms with van der Waals surface area (Å²) in [7, 11) is 3.28. The Morgan fingerprint density at radius 1 is 0.643 bits per heavy atom. The molecule has 28 heavy (non-hydrogen) atoms. The van der Waals surface area contributed by atoms with Crippen LogP contribution in [0.4, 0.5) is 0 Å². The monoisotopic (exact) mass is 368 g/mol. The van der Waals surface area contributed by atoms with Gasteiger partial charge in [-0.1, -0.05) is 72.8 Å². The van der Waals surface area contributed by atoms with Crippen LogP contribution in [0.15, 0.2) is 82.4 Å². The average molecular weight is 368 g/mol. The second kappa shape index (κ2) is 7.16. The first-order valence-corrected chi connectivity index (χ1v) is 9.08. The van der Waals surface area contributed by atoms with Crippen LogP contribution in [-0.2, 0) is 14.1 Å². The molecular formula is C24H20N2O2. The molecule has 0 atom stereocenters. The van der Waals surface area contributed by atoms with Gasteiger partial charge in [-0.15, -0.1) is 0 Å². The SMILES string of the molecule is Cn1c(=O)c(=Cc2cccc3ccccc23)n(C)c(=O)c1=Cc1ccccc1. The number of hydrogen-bond donors (Lipinski definition) is 0. The Balaban J connectivity index is 2.03. The summed E-state index contributed by atoms with van der Waals surface area (Å²) >= 11 is 0. The first kappa shape index (κ1) is 17.7. The summed E-state index contributed by atoms with van der Waals surface area (Å²) in [4.78, 5) is 26.0. The van der Waals surface area contributed by atoms with Gasteiger partial charge in [0.15, 0.2) is 0 Å². The van der Waals surface area contributed by atoms with E-state index >= 15 is 0 Å². The van der Waals surface area contributed by atoms with Gasteiger partial charge in [0.2, 0.25) is 0 Å². The van der Waals surface area contributed by atoms with Crippen LogP contribution in [0.25, 0.3) is 22.9 Å². The van der Waals surface area contributed by atoms with Gasteiger partial charge in [0, 0.05) is 14.1 Å². The topological polar surface area (TPSA) is 44.0 Å². The summed E-state index contributed by atoms with van der Waals surface area (Å²) in [5, 5.41) is 2.84. The third kappa shape index (κ3) is 3.09. The van der Waals surface area contributed by atoms with Crippen LogP contribution in [0, 0.1) is 0 Å². The van der Waals surface area contributed by atoms with E-state index in [0.717, 1.165) is 21.9 Å². The lowest BCUT2D eigenvalue weighted by atomic mass is 10.0. The highest BCUT2D eigenvalue weighted by Gasteiger charge is 2.06. The second-order valence-electron chi connectivity index (χ2n) is 6.77. The van der Waals surface area contributed by atoms with Gasteiger partial charge in [0.05, 0.1) is 0 Å². The molecule has 0 amide bonds. The summed E-state index contributed by atoms with van der Waals surface area (Å²) in [6.07, 6.45) is 3.53. The van der Waals surface area contributed by atoms with Gasteiger partial charge in [-0.3, -0.25) is 9.59 Å². The zero-order valence-electron chi connectivity index (χ0n) is 15.8. The van der Waals surface area contributed by atoms with Gasteiger partial charge in [-0.05, 0) is 34.1 Å². The highest BCUT2D eigenvalue weighted by atomic mass is 16.1. The quantitative estimate of drug-likeness (QED) is 0.542. The fraction of sp³-hybridized carbons (Fsp3) is 0.0833. The Labute approximate surface area is 161 Å². The summed E-state index contributed by atoms with van der Waals surface area (Å²) < 4.78 is 2.85. The molecule has 0 spiro atoms. The van der Waals surface area contributed by atoms with Crippen molar-refractivity contribution in [1.29, 1.82) is 0 Å². The van der Waals surface area contributed by atoms with Crippen molar-refractivity contribution in [2.45, 2.75) is 0 Å². The zero-order valence-corrected chi connectivity index (χ0v) is 15.8. The lowest BCUT2D eigenvalue weighted by molar-refractivity contribution is 0.696. The number of nitrogens with zero attached hydrogens (tertiary/aromatic N) is 2. The largest absolute Gasteiger partial charge is 0.305 e. The molecule has 1 heterocycles.